The topological polar surface area (TPSA) is 15.3 Å². The summed E-state index contributed by atoms with van der Waals surface area (Å²) in [5.74, 6) is 0.856. The molecule has 1 aromatic rings. The Morgan fingerprint density at radius 1 is 1.22 bits per heavy atom. The molecule has 0 spiro atoms. The molecule has 2 rings (SSSR count). The summed E-state index contributed by atoms with van der Waals surface area (Å²) in [4.78, 5) is 2.18. The Bertz CT molecular complexity index is 392. The van der Waals surface area contributed by atoms with E-state index in [1.807, 2.05) is 0 Å². The molecule has 0 bridgehead atoms. The van der Waals surface area contributed by atoms with Crippen LogP contribution >= 0.6 is 0 Å². The predicted octanol–water partition coefficient (Wildman–Crippen LogP) is 4.05. The number of anilines is 2. The van der Waals surface area contributed by atoms with Gasteiger partial charge in [-0.05, 0) is 50.3 Å². The van der Waals surface area contributed by atoms with Crippen molar-refractivity contribution in [1.82, 2.24) is 0 Å². The zero-order valence-electron chi connectivity index (χ0n) is 12.2. The van der Waals surface area contributed by atoms with Crippen LogP contribution in [0.4, 0.5) is 11.4 Å². The Morgan fingerprint density at radius 2 is 1.89 bits per heavy atom. The van der Waals surface area contributed by atoms with Crippen molar-refractivity contribution in [3.63, 3.8) is 0 Å². The van der Waals surface area contributed by atoms with Crippen molar-refractivity contribution in [2.24, 2.45) is 5.92 Å². The molecule has 1 aromatic carbocycles. The Kier molecular flexibility index (Phi) is 4.15. The molecular weight excluding hydrogens is 220 g/mol. The van der Waals surface area contributed by atoms with E-state index in [1.54, 1.807) is 0 Å². The highest BCUT2D eigenvalue weighted by Crippen LogP contribution is 2.30. The standard InChI is InChI=1S/C16H26N2/c1-12-9-10-15(11-16(12)18(3)4)17-13(2)14-7-5-6-8-14/h9-11,13-14,17H,5-8H2,1-4H3. The molecule has 0 amide bonds. The zero-order chi connectivity index (χ0) is 13.1. The van der Waals surface area contributed by atoms with Gasteiger partial charge in [-0.1, -0.05) is 18.9 Å². The molecule has 0 heterocycles. The SMILES string of the molecule is Cc1ccc(NC(C)C2CCCC2)cc1N(C)C. The van der Waals surface area contributed by atoms with Crippen LogP contribution in [-0.2, 0) is 0 Å². The van der Waals surface area contributed by atoms with Gasteiger partial charge in [0.15, 0.2) is 0 Å². The van der Waals surface area contributed by atoms with Crippen LogP contribution in [0.1, 0.15) is 38.2 Å². The quantitative estimate of drug-likeness (QED) is 0.862. The van der Waals surface area contributed by atoms with Gasteiger partial charge in [0, 0.05) is 31.5 Å². The van der Waals surface area contributed by atoms with Crippen LogP contribution in [-0.4, -0.2) is 20.1 Å². The van der Waals surface area contributed by atoms with Gasteiger partial charge in [0.2, 0.25) is 0 Å². The number of rotatable bonds is 4. The molecule has 1 saturated carbocycles. The molecule has 0 aromatic heterocycles. The normalized spacial score (nSPS) is 17.8. The summed E-state index contributed by atoms with van der Waals surface area (Å²) >= 11 is 0. The molecule has 0 aliphatic heterocycles. The first-order valence-corrected chi connectivity index (χ1v) is 7.12. The Morgan fingerprint density at radius 3 is 2.50 bits per heavy atom. The van der Waals surface area contributed by atoms with Gasteiger partial charge in [-0.15, -0.1) is 0 Å². The number of hydrogen-bond acceptors (Lipinski definition) is 2. The van der Waals surface area contributed by atoms with E-state index < -0.39 is 0 Å². The van der Waals surface area contributed by atoms with Gasteiger partial charge in [0.1, 0.15) is 0 Å². The molecule has 2 heteroatoms. The minimum Gasteiger partial charge on any atom is -0.382 e. The van der Waals surface area contributed by atoms with E-state index in [4.69, 9.17) is 0 Å². The summed E-state index contributed by atoms with van der Waals surface area (Å²) < 4.78 is 0. The highest BCUT2D eigenvalue weighted by atomic mass is 15.1. The summed E-state index contributed by atoms with van der Waals surface area (Å²) in [6, 6.07) is 7.26. The molecular formula is C16H26N2. The lowest BCUT2D eigenvalue weighted by Crippen LogP contribution is -2.24. The maximum absolute atomic E-state index is 3.68. The fourth-order valence-electron chi connectivity index (χ4n) is 3.02. The van der Waals surface area contributed by atoms with E-state index in [-0.39, 0.29) is 0 Å². The summed E-state index contributed by atoms with van der Waals surface area (Å²) in [5.41, 5.74) is 3.89. The summed E-state index contributed by atoms with van der Waals surface area (Å²) in [5, 5.41) is 3.68. The van der Waals surface area contributed by atoms with Crippen molar-refractivity contribution < 1.29 is 0 Å². The monoisotopic (exact) mass is 246 g/mol. The second kappa shape index (κ2) is 5.64. The average Bonchev–Trinajstić information content (AvgIpc) is 2.85. The predicted molar refractivity (Wildman–Crippen MR) is 80.5 cm³/mol. The van der Waals surface area contributed by atoms with E-state index in [2.05, 4.69) is 56.4 Å². The Labute approximate surface area is 111 Å². The first kappa shape index (κ1) is 13.3. The third-order valence-electron chi connectivity index (χ3n) is 4.19. The van der Waals surface area contributed by atoms with Gasteiger partial charge < -0.3 is 10.2 Å². The fraction of sp³-hybridized carbons (Fsp3) is 0.625. The molecule has 100 valence electrons. The average molecular weight is 246 g/mol. The van der Waals surface area contributed by atoms with Gasteiger partial charge in [-0.25, -0.2) is 0 Å². The molecule has 1 unspecified atom stereocenters. The van der Waals surface area contributed by atoms with Crippen LogP contribution in [0.5, 0.6) is 0 Å². The molecule has 1 N–H and O–H groups in total. The molecule has 1 aliphatic rings. The number of benzene rings is 1. The lowest BCUT2D eigenvalue weighted by molar-refractivity contribution is 0.482. The van der Waals surface area contributed by atoms with Crippen molar-refractivity contribution in [3.8, 4) is 0 Å². The van der Waals surface area contributed by atoms with Gasteiger partial charge in [0.05, 0.1) is 0 Å². The first-order chi connectivity index (χ1) is 8.58. The van der Waals surface area contributed by atoms with Gasteiger partial charge in [-0.2, -0.15) is 0 Å². The molecule has 1 fully saturated rings. The number of nitrogens with one attached hydrogen (secondary N) is 1. The summed E-state index contributed by atoms with van der Waals surface area (Å²) in [6.45, 7) is 4.49. The smallest absolute Gasteiger partial charge is 0.0411 e. The van der Waals surface area contributed by atoms with Crippen LogP contribution in [0.25, 0.3) is 0 Å². The van der Waals surface area contributed by atoms with Gasteiger partial charge in [-0.3, -0.25) is 0 Å². The van der Waals surface area contributed by atoms with Crippen LogP contribution in [0.3, 0.4) is 0 Å². The summed E-state index contributed by atoms with van der Waals surface area (Å²) in [6.07, 6.45) is 5.60. The molecule has 2 nitrogen and oxygen atoms in total. The number of hydrogen-bond donors (Lipinski definition) is 1. The van der Waals surface area contributed by atoms with Crippen LogP contribution in [0, 0.1) is 12.8 Å². The maximum Gasteiger partial charge on any atom is 0.0411 e. The summed E-state index contributed by atoms with van der Waals surface area (Å²) in [7, 11) is 4.21. The molecule has 18 heavy (non-hydrogen) atoms. The van der Waals surface area contributed by atoms with Gasteiger partial charge in [0.25, 0.3) is 0 Å². The largest absolute Gasteiger partial charge is 0.382 e. The van der Waals surface area contributed by atoms with Crippen LogP contribution in [0.2, 0.25) is 0 Å². The van der Waals surface area contributed by atoms with Crippen LogP contribution in [0.15, 0.2) is 18.2 Å². The van der Waals surface area contributed by atoms with E-state index in [0.717, 1.165) is 5.92 Å². The van der Waals surface area contributed by atoms with E-state index in [0.29, 0.717) is 6.04 Å². The second-order valence-electron chi connectivity index (χ2n) is 5.87. The second-order valence-corrected chi connectivity index (χ2v) is 5.87. The molecule has 0 radical (unpaired) electrons. The minimum absolute atomic E-state index is 0.588. The van der Waals surface area contributed by atoms with E-state index >= 15 is 0 Å². The van der Waals surface area contributed by atoms with E-state index in [9.17, 15) is 0 Å². The van der Waals surface area contributed by atoms with Crippen molar-refractivity contribution >= 4 is 11.4 Å². The number of aryl methyl sites for hydroxylation is 1. The van der Waals surface area contributed by atoms with E-state index in [1.165, 1.54) is 42.6 Å². The maximum atomic E-state index is 3.68. The minimum atomic E-state index is 0.588. The van der Waals surface area contributed by atoms with Crippen molar-refractivity contribution in [2.75, 3.05) is 24.3 Å². The van der Waals surface area contributed by atoms with Gasteiger partial charge >= 0.3 is 0 Å². The molecule has 1 atom stereocenters. The van der Waals surface area contributed by atoms with Crippen molar-refractivity contribution in [1.29, 1.82) is 0 Å². The van der Waals surface area contributed by atoms with Crippen molar-refractivity contribution in [2.45, 2.75) is 45.6 Å². The lowest BCUT2D eigenvalue weighted by atomic mass is 9.99. The molecule has 0 saturated heterocycles. The molecule has 1 aliphatic carbocycles. The fourth-order valence-corrected chi connectivity index (χ4v) is 3.02. The Hall–Kier alpha value is -1.18. The third-order valence-corrected chi connectivity index (χ3v) is 4.19. The zero-order valence-corrected chi connectivity index (χ0v) is 12.2. The van der Waals surface area contributed by atoms with Crippen LogP contribution < -0.4 is 10.2 Å². The highest BCUT2D eigenvalue weighted by molar-refractivity contribution is 5.62. The van der Waals surface area contributed by atoms with Crippen molar-refractivity contribution in [3.05, 3.63) is 23.8 Å². The Balaban J connectivity index is 2.06. The lowest BCUT2D eigenvalue weighted by Gasteiger charge is -2.23. The highest BCUT2D eigenvalue weighted by Gasteiger charge is 2.21. The number of nitrogens with zero attached hydrogens (tertiary/aromatic N) is 1. The first-order valence-electron chi connectivity index (χ1n) is 7.12. The third kappa shape index (κ3) is 2.98.